The first-order valence-electron chi connectivity index (χ1n) is 9.02. The Morgan fingerprint density at radius 2 is 1.71 bits per heavy atom. The molecular weight excluding hydrogens is 419 g/mol. The molecule has 2 aromatic rings. The van der Waals surface area contributed by atoms with Crippen LogP contribution in [-0.2, 0) is 14.8 Å². The normalized spacial score (nSPS) is 16.1. The monoisotopic (exact) mass is 440 g/mol. The second-order valence-electron chi connectivity index (χ2n) is 7.04. The van der Waals surface area contributed by atoms with Crippen LogP contribution in [0.15, 0.2) is 41.3 Å². The number of rotatable bonds is 4. The van der Waals surface area contributed by atoms with Gasteiger partial charge in [-0.2, -0.15) is 4.31 Å². The molecule has 1 aliphatic heterocycles. The summed E-state index contributed by atoms with van der Waals surface area (Å²) < 4.78 is 27.1. The Labute approximate surface area is 175 Å². The summed E-state index contributed by atoms with van der Waals surface area (Å²) in [5.41, 5.74) is 3.03. The Kier molecular flexibility index (Phi) is 6.34. The lowest BCUT2D eigenvalue weighted by molar-refractivity contribution is -0.120. The minimum Gasteiger partial charge on any atom is -0.326 e. The second kappa shape index (κ2) is 8.41. The maximum absolute atomic E-state index is 12.9. The molecule has 0 unspecified atom stereocenters. The van der Waals surface area contributed by atoms with Gasteiger partial charge < -0.3 is 5.32 Å². The van der Waals surface area contributed by atoms with Crippen molar-refractivity contribution in [1.29, 1.82) is 0 Å². The number of aryl methyl sites for hydroxylation is 2. The van der Waals surface area contributed by atoms with Crippen LogP contribution in [-0.4, -0.2) is 31.7 Å². The van der Waals surface area contributed by atoms with Gasteiger partial charge in [0.1, 0.15) is 4.90 Å². The first-order chi connectivity index (χ1) is 13.2. The van der Waals surface area contributed by atoms with Crippen LogP contribution in [0.4, 0.5) is 5.69 Å². The maximum Gasteiger partial charge on any atom is 0.244 e. The molecule has 3 rings (SSSR count). The van der Waals surface area contributed by atoms with Crippen LogP contribution >= 0.6 is 23.2 Å². The van der Waals surface area contributed by atoms with E-state index >= 15 is 0 Å². The highest BCUT2D eigenvalue weighted by Crippen LogP contribution is 2.30. The molecule has 0 bridgehead atoms. The first kappa shape index (κ1) is 21.1. The van der Waals surface area contributed by atoms with Gasteiger partial charge in [-0.05, 0) is 68.1 Å². The highest BCUT2D eigenvalue weighted by atomic mass is 35.5. The topological polar surface area (TPSA) is 66.5 Å². The second-order valence-corrected chi connectivity index (χ2v) is 9.79. The van der Waals surface area contributed by atoms with Crippen molar-refractivity contribution in [3.63, 3.8) is 0 Å². The van der Waals surface area contributed by atoms with E-state index in [1.165, 1.54) is 16.4 Å². The molecule has 0 aliphatic carbocycles. The fraction of sp³-hybridized carbons (Fsp3) is 0.350. The van der Waals surface area contributed by atoms with Crippen LogP contribution in [0, 0.1) is 19.8 Å². The molecule has 1 heterocycles. The molecule has 28 heavy (non-hydrogen) atoms. The third kappa shape index (κ3) is 4.51. The van der Waals surface area contributed by atoms with Crippen LogP contribution in [0.25, 0.3) is 0 Å². The molecule has 0 atom stereocenters. The number of halogens is 2. The molecule has 0 aromatic heterocycles. The van der Waals surface area contributed by atoms with Gasteiger partial charge in [-0.25, -0.2) is 8.42 Å². The zero-order chi connectivity index (χ0) is 20.5. The van der Waals surface area contributed by atoms with Crippen molar-refractivity contribution in [2.24, 2.45) is 5.92 Å². The molecule has 5 nitrogen and oxygen atoms in total. The van der Waals surface area contributed by atoms with Gasteiger partial charge in [0.2, 0.25) is 15.9 Å². The summed E-state index contributed by atoms with van der Waals surface area (Å²) in [6, 6.07) is 10.2. The van der Waals surface area contributed by atoms with E-state index in [1.54, 1.807) is 6.07 Å². The van der Waals surface area contributed by atoms with E-state index in [0.29, 0.717) is 17.9 Å². The summed E-state index contributed by atoms with van der Waals surface area (Å²) >= 11 is 12.0. The van der Waals surface area contributed by atoms with Crippen molar-refractivity contribution in [1.82, 2.24) is 4.31 Å². The van der Waals surface area contributed by atoms with Gasteiger partial charge in [-0.3, -0.25) is 4.79 Å². The van der Waals surface area contributed by atoms with Crippen molar-refractivity contribution < 1.29 is 13.2 Å². The highest BCUT2D eigenvalue weighted by Gasteiger charge is 2.33. The molecule has 2 aromatic carbocycles. The minimum absolute atomic E-state index is 0.000279. The van der Waals surface area contributed by atoms with Gasteiger partial charge in [0.25, 0.3) is 0 Å². The van der Waals surface area contributed by atoms with Crippen molar-refractivity contribution in [2.75, 3.05) is 18.4 Å². The fourth-order valence-corrected chi connectivity index (χ4v) is 5.44. The number of sulfonamides is 1. The third-order valence-corrected chi connectivity index (χ3v) is 7.73. The van der Waals surface area contributed by atoms with Gasteiger partial charge in [0.15, 0.2) is 0 Å². The van der Waals surface area contributed by atoms with Gasteiger partial charge in [-0.15, -0.1) is 0 Å². The minimum atomic E-state index is -3.75. The number of nitrogens with zero attached hydrogens (tertiary/aromatic N) is 1. The molecule has 0 saturated carbocycles. The number of nitrogens with one attached hydrogen (secondary N) is 1. The summed E-state index contributed by atoms with van der Waals surface area (Å²) in [5, 5.41) is 3.38. The number of hydrogen-bond acceptors (Lipinski definition) is 3. The number of hydrogen-bond donors (Lipinski definition) is 1. The molecule has 1 N–H and O–H groups in total. The number of carbonyl (C=O) groups excluding carboxylic acids is 1. The van der Waals surface area contributed by atoms with E-state index in [1.807, 2.05) is 32.0 Å². The highest BCUT2D eigenvalue weighted by molar-refractivity contribution is 7.89. The fourth-order valence-electron chi connectivity index (χ4n) is 3.24. The summed E-state index contributed by atoms with van der Waals surface area (Å²) in [7, 11) is -3.75. The van der Waals surface area contributed by atoms with Crippen LogP contribution in [0.3, 0.4) is 0 Å². The van der Waals surface area contributed by atoms with E-state index in [2.05, 4.69) is 5.32 Å². The quantitative estimate of drug-likeness (QED) is 0.751. The van der Waals surface area contributed by atoms with Crippen molar-refractivity contribution >= 4 is 44.8 Å². The number of carbonyl (C=O) groups is 1. The lowest BCUT2D eigenvalue weighted by Gasteiger charge is -2.30. The largest absolute Gasteiger partial charge is 0.326 e. The van der Waals surface area contributed by atoms with Gasteiger partial charge in [-0.1, -0.05) is 29.3 Å². The van der Waals surface area contributed by atoms with E-state index < -0.39 is 10.0 Å². The maximum atomic E-state index is 12.9. The molecule has 0 radical (unpaired) electrons. The van der Waals surface area contributed by atoms with Crippen LogP contribution < -0.4 is 5.32 Å². The Morgan fingerprint density at radius 1 is 1.04 bits per heavy atom. The Bertz CT molecular complexity index is 1000. The Balaban J connectivity index is 1.65. The molecule has 1 fully saturated rings. The predicted octanol–water partition coefficient (Wildman–Crippen LogP) is 4.65. The molecule has 150 valence electrons. The molecule has 1 saturated heterocycles. The molecule has 1 aliphatic rings. The molecule has 0 spiro atoms. The zero-order valence-corrected chi connectivity index (χ0v) is 18.0. The summed E-state index contributed by atoms with van der Waals surface area (Å²) in [4.78, 5) is 12.6. The predicted molar refractivity (Wildman–Crippen MR) is 112 cm³/mol. The molecular formula is C20H22Cl2N2O3S. The lowest BCUT2D eigenvalue weighted by atomic mass is 9.97. The van der Waals surface area contributed by atoms with Crippen LogP contribution in [0.2, 0.25) is 10.0 Å². The van der Waals surface area contributed by atoms with Crippen LogP contribution in [0.1, 0.15) is 24.0 Å². The van der Waals surface area contributed by atoms with Crippen molar-refractivity contribution in [3.8, 4) is 0 Å². The summed E-state index contributed by atoms with van der Waals surface area (Å²) in [6.07, 6.45) is 0.905. The van der Waals surface area contributed by atoms with Crippen molar-refractivity contribution in [2.45, 2.75) is 31.6 Å². The molecule has 8 heteroatoms. The van der Waals surface area contributed by atoms with E-state index in [9.17, 15) is 13.2 Å². The lowest BCUT2D eigenvalue weighted by Crippen LogP contribution is -2.41. The average molecular weight is 441 g/mol. The first-order valence-corrected chi connectivity index (χ1v) is 11.2. The number of amides is 1. The average Bonchev–Trinajstić information content (AvgIpc) is 2.66. The van der Waals surface area contributed by atoms with Gasteiger partial charge in [0.05, 0.1) is 5.02 Å². The SMILES string of the molecule is Cc1ccc(NC(=O)C2CCN(S(=O)(=O)c3cc(Cl)ccc3Cl)CC2)cc1C. The van der Waals surface area contributed by atoms with Gasteiger partial charge >= 0.3 is 0 Å². The Morgan fingerprint density at radius 3 is 2.36 bits per heavy atom. The van der Waals surface area contributed by atoms with Gasteiger partial charge in [0, 0.05) is 29.7 Å². The number of anilines is 1. The standard InChI is InChI=1S/C20H22Cl2N2O3S/c1-13-3-5-17(11-14(13)2)23-20(25)15-7-9-24(10-8-15)28(26,27)19-12-16(21)4-6-18(19)22/h3-6,11-12,15H,7-10H2,1-2H3,(H,23,25). The summed E-state index contributed by atoms with van der Waals surface area (Å²) in [6.45, 7) is 4.53. The number of benzene rings is 2. The smallest absolute Gasteiger partial charge is 0.244 e. The van der Waals surface area contributed by atoms with E-state index in [4.69, 9.17) is 23.2 Å². The summed E-state index contributed by atoms with van der Waals surface area (Å²) in [5.74, 6) is -0.316. The van der Waals surface area contributed by atoms with Crippen molar-refractivity contribution in [3.05, 3.63) is 57.6 Å². The van der Waals surface area contributed by atoms with Crippen LogP contribution in [0.5, 0.6) is 0 Å². The zero-order valence-electron chi connectivity index (χ0n) is 15.7. The molecule has 1 amide bonds. The van der Waals surface area contributed by atoms with E-state index in [0.717, 1.165) is 16.8 Å². The number of piperidine rings is 1. The third-order valence-electron chi connectivity index (χ3n) is 5.11. The van der Waals surface area contributed by atoms with E-state index in [-0.39, 0.29) is 34.8 Å². The Hall–Kier alpha value is -1.60.